The summed E-state index contributed by atoms with van der Waals surface area (Å²) >= 11 is 5.26. The number of methoxy groups -OCH3 is 1. The van der Waals surface area contributed by atoms with Gasteiger partial charge in [-0.1, -0.05) is 18.2 Å². The first-order valence-electron chi connectivity index (χ1n) is 9.08. The minimum atomic E-state index is -0.490. The molecule has 30 heavy (non-hydrogen) atoms. The quantitative estimate of drug-likeness (QED) is 0.185. The average Bonchev–Trinajstić information content (AvgIpc) is 2.75. The van der Waals surface area contributed by atoms with Gasteiger partial charge in [0.2, 0.25) is 0 Å². The van der Waals surface area contributed by atoms with Crippen LogP contribution in [0, 0.1) is 10.1 Å². The second-order valence-electron chi connectivity index (χ2n) is 6.25. The highest BCUT2D eigenvalue weighted by atomic mass is 32.1. The Morgan fingerprint density at radius 2 is 2.00 bits per heavy atom. The Hall–Kier alpha value is -3.73. The minimum absolute atomic E-state index is 0.0641. The number of aromatic nitrogens is 2. The molecule has 0 aliphatic rings. The normalized spacial score (nSPS) is 10.4. The van der Waals surface area contributed by atoms with Crippen molar-refractivity contribution in [3.05, 3.63) is 62.9 Å². The molecule has 0 bridgehead atoms. The zero-order chi connectivity index (χ0) is 21.5. The number of rotatable bonds is 8. The van der Waals surface area contributed by atoms with E-state index in [0.717, 1.165) is 11.8 Å². The van der Waals surface area contributed by atoms with Crippen LogP contribution in [0.5, 0.6) is 5.75 Å². The molecule has 3 rings (SSSR count). The summed E-state index contributed by atoms with van der Waals surface area (Å²) in [5, 5.41) is 28.4. The molecule has 1 aromatic heterocycles. The van der Waals surface area contributed by atoms with Crippen molar-refractivity contribution >= 4 is 45.3 Å². The number of non-ortho nitro benzene ring substituents is 1. The van der Waals surface area contributed by atoms with E-state index in [9.17, 15) is 14.9 Å². The van der Waals surface area contributed by atoms with Gasteiger partial charge in [0.05, 0.1) is 29.2 Å². The van der Waals surface area contributed by atoms with E-state index >= 15 is 0 Å². The Labute approximate surface area is 176 Å². The number of H-pyrrole nitrogens is 1. The van der Waals surface area contributed by atoms with E-state index < -0.39 is 4.92 Å². The number of fused-ring (bicyclic) bond motifs is 1. The van der Waals surface area contributed by atoms with Crippen molar-refractivity contribution in [3.63, 3.8) is 0 Å². The summed E-state index contributed by atoms with van der Waals surface area (Å²) in [5.41, 5.74) is 0.240. The molecule has 0 amide bonds. The third-order valence-corrected chi connectivity index (χ3v) is 4.52. The van der Waals surface area contributed by atoms with Crippen LogP contribution >= 0.6 is 12.2 Å². The van der Waals surface area contributed by atoms with E-state index in [1.165, 1.54) is 19.2 Å². The number of benzene rings is 2. The van der Waals surface area contributed by atoms with Crippen LogP contribution < -0.4 is 26.2 Å². The molecule has 0 aliphatic carbocycles. The number of aromatic amines is 1. The lowest BCUT2D eigenvalue weighted by molar-refractivity contribution is -0.384. The lowest BCUT2D eigenvalue weighted by Crippen LogP contribution is -2.30. The minimum Gasteiger partial charge on any atom is -0.494 e. The van der Waals surface area contributed by atoms with Crippen LogP contribution in [-0.2, 0) is 0 Å². The molecule has 0 saturated heterocycles. The molecule has 2 aromatic carbocycles. The molecule has 4 N–H and O–H groups in total. The molecule has 10 nitrogen and oxygen atoms in total. The van der Waals surface area contributed by atoms with E-state index in [0.29, 0.717) is 40.8 Å². The van der Waals surface area contributed by atoms with Gasteiger partial charge in [0.25, 0.3) is 11.2 Å². The molecule has 0 fully saturated rings. The zero-order valence-corrected chi connectivity index (χ0v) is 16.9. The predicted molar refractivity (Wildman–Crippen MR) is 119 cm³/mol. The van der Waals surface area contributed by atoms with Gasteiger partial charge in [0.15, 0.2) is 10.9 Å². The highest BCUT2D eigenvalue weighted by Crippen LogP contribution is 2.28. The monoisotopic (exact) mass is 428 g/mol. The van der Waals surface area contributed by atoms with Crippen LogP contribution in [-0.4, -0.2) is 40.4 Å². The molecule has 0 atom stereocenters. The molecule has 0 saturated carbocycles. The number of thiocarbonyl (C=S) groups is 1. The number of anilines is 2. The van der Waals surface area contributed by atoms with Gasteiger partial charge in [-0.05, 0) is 30.8 Å². The highest BCUT2D eigenvalue weighted by Gasteiger charge is 2.12. The van der Waals surface area contributed by atoms with Crippen molar-refractivity contribution in [2.75, 3.05) is 30.8 Å². The maximum atomic E-state index is 11.8. The summed E-state index contributed by atoms with van der Waals surface area (Å²) in [7, 11) is 1.43. The van der Waals surface area contributed by atoms with Gasteiger partial charge in [-0.15, -0.1) is 0 Å². The highest BCUT2D eigenvalue weighted by molar-refractivity contribution is 7.80. The molecule has 3 aromatic rings. The van der Waals surface area contributed by atoms with Gasteiger partial charge >= 0.3 is 0 Å². The largest absolute Gasteiger partial charge is 0.494 e. The zero-order valence-electron chi connectivity index (χ0n) is 16.1. The summed E-state index contributed by atoms with van der Waals surface area (Å²) in [6, 6.07) is 11.5. The molecule has 0 radical (unpaired) electrons. The molecule has 0 spiro atoms. The fourth-order valence-corrected chi connectivity index (χ4v) is 3.02. The Balaban J connectivity index is 1.49. The topological polar surface area (TPSA) is 134 Å². The molecular weight excluding hydrogens is 408 g/mol. The van der Waals surface area contributed by atoms with Crippen molar-refractivity contribution in [2.45, 2.75) is 6.42 Å². The lowest BCUT2D eigenvalue weighted by atomic mass is 10.2. The maximum Gasteiger partial charge on any atom is 0.273 e. The third kappa shape index (κ3) is 5.00. The van der Waals surface area contributed by atoms with Crippen LogP contribution in [0.15, 0.2) is 47.3 Å². The van der Waals surface area contributed by atoms with E-state index in [1.54, 1.807) is 18.2 Å². The van der Waals surface area contributed by atoms with E-state index in [2.05, 4.69) is 26.1 Å². The number of ether oxygens (including phenoxy) is 1. The van der Waals surface area contributed by atoms with Gasteiger partial charge in [-0.25, -0.2) is 5.10 Å². The average molecular weight is 428 g/mol. The molecule has 0 unspecified atom stereocenters. The Bertz CT molecular complexity index is 1130. The number of nitro benzene ring substituents is 1. The molecular formula is C19H20N6O4S. The standard InChI is InChI=1S/C19H20N6O4S/c1-29-16-11-12(25(27)28)7-8-15(16)22-19(30)21-10-4-9-20-17-13-5-2-3-6-14(13)18(26)24-23-17/h2-3,5-8,11H,4,9-10H2,1H3,(H,20,23)(H,24,26)(H2,21,22,30). The summed E-state index contributed by atoms with van der Waals surface area (Å²) in [5.74, 6) is 0.938. The van der Waals surface area contributed by atoms with Crippen molar-refractivity contribution in [1.29, 1.82) is 0 Å². The number of hydrogen-bond donors (Lipinski definition) is 4. The Kier molecular flexibility index (Phi) is 6.75. The number of nitrogens with one attached hydrogen (secondary N) is 4. The van der Waals surface area contributed by atoms with Crippen molar-refractivity contribution in [1.82, 2.24) is 15.5 Å². The van der Waals surface area contributed by atoms with Crippen LogP contribution in [0.4, 0.5) is 17.2 Å². The summed E-state index contributed by atoms with van der Waals surface area (Å²) in [4.78, 5) is 22.2. The molecule has 11 heteroatoms. The molecule has 156 valence electrons. The predicted octanol–water partition coefficient (Wildman–Crippen LogP) is 2.63. The van der Waals surface area contributed by atoms with E-state index in [4.69, 9.17) is 17.0 Å². The first kappa shape index (κ1) is 21.0. The summed E-state index contributed by atoms with van der Waals surface area (Å²) < 4.78 is 5.18. The summed E-state index contributed by atoms with van der Waals surface area (Å²) in [6.45, 7) is 1.19. The number of nitro groups is 1. The van der Waals surface area contributed by atoms with Gasteiger partial charge in [-0.2, -0.15) is 5.10 Å². The third-order valence-electron chi connectivity index (χ3n) is 4.27. The van der Waals surface area contributed by atoms with Gasteiger partial charge in [0.1, 0.15) is 5.75 Å². The van der Waals surface area contributed by atoms with Crippen LogP contribution in [0.25, 0.3) is 10.8 Å². The van der Waals surface area contributed by atoms with Gasteiger partial charge in [0, 0.05) is 24.5 Å². The first-order chi connectivity index (χ1) is 14.5. The fourth-order valence-electron chi connectivity index (χ4n) is 2.81. The number of hydrogen-bond acceptors (Lipinski definition) is 7. The number of nitrogens with zero attached hydrogens (tertiary/aromatic N) is 2. The van der Waals surface area contributed by atoms with Gasteiger partial charge in [-0.3, -0.25) is 14.9 Å². The van der Waals surface area contributed by atoms with Crippen LogP contribution in [0.2, 0.25) is 0 Å². The van der Waals surface area contributed by atoms with Gasteiger partial charge < -0.3 is 20.7 Å². The smallest absolute Gasteiger partial charge is 0.273 e. The van der Waals surface area contributed by atoms with Crippen LogP contribution in [0.3, 0.4) is 0 Å². The Morgan fingerprint density at radius 1 is 1.23 bits per heavy atom. The second-order valence-corrected chi connectivity index (χ2v) is 6.66. The second kappa shape index (κ2) is 9.65. The van der Waals surface area contributed by atoms with Crippen molar-refractivity contribution in [2.24, 2.45) is 0 Å². The first-order valence-corrected chi connectivity index (χ1v) is 9.49. The Morgan fingerprint density at radius 3 is 2.73 bits per heavy atom. The summed E-state index contributed by atoms with van der Waals surface area (Å²) in [6.07, 6.45) is 0.731. The van der Waals surface area contributed by atoms with Crippen molar-refractivity contribution < 1.29 is 9.66 Å². The van der Waals surface area contributed by atoms with E-state index in [-0.39, 0.29) is 11.2 Å². The lowest BCUT2D eigenvalue weighted by Gasteiger charge is -2.13. The van der Waals surface area contributed by atoms with E-state index in [1.807, 2.05) is 12.1 Å². The van der Waals surface area contributed by atoms with Crippen molar-refractivity contribution in [3.8, 4) is 5.75 Å². The molecule has 1 heterocycles. The SMILES string of the molecule is COc1cc([N+](=O)[O-])ccc1NC(=S)NCCCNc1n[nH]c(=O)c2ccccc12. The maximum absolute atomic E-state index is 11.8. The molecule has 0 aliphatic heterocycles. The van der Waals surface area contributed by atoms with Crippen LogP contribution in [0.1, 0.15) is 6.42 Å². The fraction of sp³-hybridized carbons (Fsp3) is 0.211.